The van der Waals surface area contributed by atoms with Gasteiger partial charge < -0.3 is 10.1 Å². The van der Waals surface area contributed by atoms with Gasteiger partial charge in [0.15, 0.2) is 0 Å². The van der Waals surface area contributed by atoms with Crippen LogP contribution in [0.4, 0.5) is 0 Å². The van der Waals surface area contributed by atoms with Gasteiger partial charge in [0.05, 0.1) is 15.5 Å². The molecule has 1 aliphatic rings. The number of carbonyl (C=O) groups is 1. The van der Waals surface area contributed by atoms with Gasteiger partial charge in [-0.05, 0) is 37.0 Å². The van der Waals surface area contributed by atoms with Crippen LogP contribution in [0.3, 0.4) is 0 Å². The van der Waals surface area contributed by atoms with Crippen molar-refractivity contribution in [3.05, 3.63) is 28.8 Å². The number of halogens is 2. The lowest BCUT2D eigenvalue weighted by Gasteiger charge is -2.22. The smallest absolute Gasteiger partial charge is 0.261 e. The van der Waals surface area contributed by atoms with E-state index in [1.54, 1.807) is 0 Å². The summed E-state index contributed by atoms with van der Waals surface area (Å²) < 4.78 is 27.9. The zero-order valence-electron chi connectivity index (χ0n) is 11.1. The molecule has 1 aromatic carbocycles. The van der Waals surface area contributed by atoms with E-state index in [1.807, 2.05) is 0 Å². The number of carbonyl (C=O) groups excluding carboxylic acids is 1. The molecule has 0 aromatic heterocycles. The third-order valence-electron chi connectivity index (χ3n) is 3.36. The Morgan fingerprint density at radius 2 is 2.00 bits per heavy atom. The van der Waals surface area contributed by atoms with E-state index in [0.29, 0.717) is 25.7 Å². The van der Waals surface area contributed by atoms with Crippen LogP contribution in [-0.4, -0.2) is 34.1 Å². The van der Waals surface area contributed by atoms with Gasteiger partial charge in [-0.2, -0.15) is 0 Å². The van der Waals surface area contributed by atoms with Crippen LogP contribution in [-0.2, 0) is 13.8 Å². The fourth-order valence-electron chi connectivity index (χ4n) is 2.11. The van der Waals surface area contributed by atoms with Gasteiger partial charge in [0.1, 0.15) is 0 Å². The second kappa shape index (κ2) is 6.96. The molecule has 0 saturated carbocycles. The van der Waals surface area contributed by atoms with Gasteiger partial charge in [-0.25, -0.2) is 8.42 Å². The zero-order valence-corrected chi connectivity index (χ0v) is 13.5. The number of ether oxygens (including phenoxy) is 1. The molecular weight excluding hydrogens is 337 g/mol. The van der Waals surface area contributed by atoms with Gasteiger partial charge >= 0.3 is 0 Å². The molecule has 5 nitrogen and oxygen atoms in total. The predicted octanol–water partition coefficient (Wildman–Crippen LogP) is 2.42. The fourth-order valence-corrected chi connectivity index (χ4v) is 3.09. The first-order valence-electron chi connectivity index (χ1n) is 6.48. The van der Waals surface area contributed by atoms with Gasteiger partial charge in [0.2, 0.25) is 0 Å². The van der Waals surface area contributed by atoms with Crippen molar-refractivity contribution >= 4 is 37.2 Å². The lowest BCUT2D eigenvalue weighted by molar-refractivity contribution is 0.0642. The summed E-state index contributed by atoms with van der Waals surface area (Å²) in [5.74, 6) is -0.0462. The summed E-state index contributed by atoms with van der Waals surface area (Å²) in [5, 5.41) is 2.96. The number of hydrogen-bond acceptors (Lipinski definition) is 4. The Hall–Kier alpha value is -0.820. The van der Waals surface area contributed by atoms with Crippen LogP contribution in [0.2, 0.25) is 5.02 Å². The molecular formula is C13H15Cl2NO4S. The normalized spacial score (nSPS) is 16.7. The van der Waals surface area contributed by atoms with Crippen LogP contribution in [0.5, 0.6) is 0 Å². The Morgan fingerprint density at radius 1 is 1.33 bits per heavy atom. The van der Waals surface area contributed by atoms with Crippen LogP contribution in [0.1, 0.15) is 23.2 Å². The average molecular weight is 352 g/mol. The Morgan fingerprint density at radius 3 is 2.62 bits per heavy atom. The summed E-state index contributed by atoms with van der Waals surface area (Å²) in [6.45, 7) is 1.90. The summed E-state index contributed by atoms with van der Waals surface area (Å²) in [6, 6.07) is 3.80. The molecule has 1 heterocycles. The molecule has 0 aliphatic carbocycles. The summed E-state index contributed by atoms with van der Waals surface area (Å²) in [5.41, 5.74) is 0.102. The van der Waals surface area contributed by atoms with E-state index in [2.05, 4.69) is 5.32 Å². The molecule has 0 radical (unpaired) electrons. The van der Waals surface area contributed by atoms with Crippen molar-refractivity contribution < 1.29 is 17.9 Å². The van der Waals surface area contributed by atoms with Crippen molar-refractivity contribution in [2.45, 2.75) is 17.7 Å². The van der Waals surface area contributed by atoms with Crippen molar-refractivity contribution in [1.29, 1.82) is 0 Å². The Kier molecular flexibility index (Phi) is 5.48. The highest BCUT2D eigenvalue weighted by atomic mass is 35.7. The maximum absolute atomic E-state index is 12.1. The molecule has 1 amide bonds. The quantitative estimate of drug-likeness (QED) is 0.845. The van der Waals surface area contributed by atoms with Gasteiger partial charge in [0.25, 0.3) is 15.0 Å². The monoisotopic (exact) mass is 351 g/mol. The van der Waals surface area contributed by atoms with Gasteiger partial charge in [-0.1, -0.05) is 11.6 Å². The van der Waals surface area contributed by atoms with E-state index >= 15 is 0 Å². The van der Waals surface area contributed by atoms with Gasteiger partial charge in [0, 0.05) is 30.4 Å². The first kappa shape index (κ1) is 16.5. The van der Waals surface area contributed by atoms with E-state index in [9.17, 15) is 13.2 Å². The Bertz CT molecular complexity index is 627. The lowest BCUT2D eigenvalue weighted by atomic mass is 10.0. The number of rotatable bonds is 4. The first-order valence-corrected chi connectivity index (χ1v) is 9.17. The number of hydrogen-bond donors (Lipinski definition) is 1. The van der Waals surface area contributed by atoms with E-state index in [0.717, 1.165) is 12.8 Å². The molecule has 116 valence electrons. The minimum Gasteiger partial charge on any atom is -0.381 e. The number of nitrogens with one attached hydrogen (secondary N) is 1. The van der Waals surface area contributed by atoms with Crippen LogP contribution < -0.4 is 5.32 Å². The van der Waals surface area contributed by atoms with Crippen molar-refractivity contribution in [2.75, 3.05) is 19.8 Å². The van der Waals surface area contributed by atoms with E-state index in [-0.39, 0.29) is 15.5 Å². The average Bonchev–Trinajstić information content (AvgIpc) is 2.45. The molecule has 0 atom stereocenters. The largest absolute Gasteiger partial charge is 0.381 e. The highest BCUT2D eigenvalue weighted by Crippen LogP contribution is 2.23. The third kappa shape index (κ3) is 4.57. The second-order valence-corrected chi connectivity index (χ2v) is 7.82. The summed E-state index contributed by atoms with van der Waals surface area (Å²) in [6.07, 6.45) is 1.79. The highest BCUT2D eigenvalue weighted by Gasteiger charge is 2.19. The molecule has 0 spiro atoms. The molecule has 1 N–H and O–H groups in total. The molecule has 0 unspecified atom stereocenters. The van der Waals surface area contributed by atoms with E-state index < -0.39 is 15.0 Å². The Balaban J connectivity index is 2.07. The maximum atomic E-state index is 12.1. The van der Waals surface area contributed by atoms with Crippen molar-refractivity contribution in [2.24, 2.45) is 5.92 Å². The molecule has 8 heteroatoms. The van der Waals surface area contributed by atoms with Crippen LogP contribution in [0.15, 0.2) is 23.1 Å². The molecule has 1 aromatic rings. The zero-order chi connectivity index (χ0) is 15.5. The van der Waals surface area contributed by atoms with E-state index in [1.165, 1.54) is 18.2 Å². The molecule has 1 fully saturated rings. The summed E-state index contributed by atoms with van der Waals surface area (Å²) in [7, 11) is 1.38. The summed E-state index contributed by atoms with van der Waals surface area (Å²) >= 11 is 5.94. The van der Waals surface area contributed by atoms with Crippen LogP contribution >= 0.6 is 22.3 Å². The van der Waals surface area contributed by atoms with Crippen LogP contribution in [0.25, 0.3) is 0 Å². The standard InChI is InChI=1S/C13H15Cl2NO4S/c14-12-2-1-10(21(15,18)19)7-11(12)13(17)16-8-9-3-5-20-6-4-9/h1-2,7,9H,3-6,8H2,(H,16,17). The predicted molar refractivity (Wildman–Crippen MR) is 80.4 cm³/mol. The van der Waals surface area contributed by atoms with Crippen molar-refractivity contribution in [3.8, 4) is 0 Å². The minimum absolute atomic E-state index is 0.102. The van der Waals surface area contributed by atoms with Gasteiger partial charge in [-0.3, -0.25) is 4.79 Å². The molecule has 21 heavy (non-hydrogen) atoms. The second-order valence-electron chi connectivity index (χ2n) is 4.85. The molecule has 1 saturated heterocycles. The number of benzene rings is 1. The van der Waals surface area contributed by atoms with Crippen molar-refractivity contribution in [3.63, 3.8) is 0 Å². The lowest BCUT2D eigenvalue weighted by Crippen LogP contribution is -2.32. The topological polar surface area (TPSA) is 72.5 Å². The Labute approximate surface area is 133 Å². The van der Waals surface area contributed by atoms with Crippen molar-refractivity contribution in [1.82, 2.24) is 5.32 Å². The van der Waals surface area contributed by atoms with Crippen LogP contribution in [0, 0.1) is 5.92 Å². The fraction of sp³-hybridized carbons (Fsp3) is 0.462. The van der Waals surface area contributed by atoms with E-state index in [4.69, 9.17) is 27.0 Å². The van der Waals surface area contributed by atoms with Gasteiger partial charge in [-0.15, -0.1) is 0 Å². The SMILES string of the molecule is O=C(NCC1CCOCC1)c1cc(S(=O)(=O)Cl)ccc1Cl. The molecule has 0 bridgehead atoms. The first-order chi connectivity index (χ1) is 9.88. The minimum atomic E-state index is -3.89. The molecule has 2 rings (SSSR count). The maximum Gasteiger partial charge on any atom is 0.261 e. The number of amides is 1. The highest BCUT2D eigenvalue weighted by molar-refractivity contribution is 8.13. The summed E-state index contributed by atoms with van der Waals surface area (Å²) in [4.78, 5) is 12.0. The third-order valence-corrected chi connectivity index (χ3v) is 5.04. The molecule has 1 aliphatic heterocycles.